The summed E-state index contributed by atoms with van der Waals surface area (Å²) in [6.45, 7) is 0.945. The molecule has 2 aromatic carbocycles. The van der Waals surface area contributed by atoms with Crippen molar-refractivity contribution in [2.45, 2.75) is 25.4 Å². The van der Waals surface area contributed by atoms with Gasteiger partial charge >= 0.3 is 0 Å². The van der Waals surface area contributed by atoms with E-state index in [9.17, 15) is 0 Å². The van der Waals surface area contributed by atoms with E-state index >= 15 is 0 Å². The predicted octanol–water partition coefficient (Wildman–Crippen LogP) is 4.47. The van der Waals surface area contributed by atoms with Crippen LogP contribution in [0.1, 0.15) is 18.4 Å². The molecule has 0 saturated heterocycles. The van der Waals surface area contributed by atoms with E-state index in [1.54, 1.807) is 0 Å². The third kappa shape index (κ3) is 3.22. The number of rotatable bonds is 5. The van der Waals surface area contributed by atoms with Gasteiger partial charge in [-0.2, -0.15) is 0 Å². The van der Waals surface area contributed by atoms with Gasteiger partial charge < -0.3 is 10.2 Å². The molecule has 1 aliphatic rings. The summed E-state index contributed by atoms with van der Waals surface area (Å²) in [7, 11) is 2.10. The molecule has 0 radical (unpaired) electrons. The van der Waals surface area contributed by atoms with Crippen molar-refractivity contribution in [1.82, 2.24) is 5.32 Å². The molecule has 1 fully saturated rings. The van der Waals surface area contributed by atoms with Crippen LogP contribution in [0.25, 0.3) is 0 Å². The average molecular weight is 331 g/mol. The number of hydrogen-bond donors (Lipinski definition) is 1. The fourth-order valence-corrected chi connectivity index (χ4v) is 2.74. The molecule has 0 aliphatic heterocycles. The van der Waals surface area contributed by atoms with E-state index < -0.39 is 0 Å². The van der Waals surface area contributed by atoms with E-state index in [0.29, 0.717) is 0 Å². The van der Waals surface area contributed by atoms with Crippen LogP contribution in [-0.4, -0.2) is 13.1 Å². The van der Waals surface area contributed by atoms with Crippen LogP contribution in [0.4, 0.5) is 11.4 Å². The second-order valence-electron chi connectivity index (χ2n) is 5.33. The summed E-state index contributed by atoms with van der Waals surface area (Å²) in [4.78, 5) is 2.20. The number of benzene rings is 2. The summed E-state index contributed by atoms with van der Waals surface area (Å²) in [5, 5.41) is 3.55. The van der Waals surface area contributed by atoms with Gasteiger partial charge in [-0.05, 0) is 42.7 Å². The molecule has 104 valence electrons. The fraction of sp³-hybridized carbons (Fsp3) is 0.294. The molecule has 0 spiro atoms. The maximum absolute atomic E-state index is 3.69. The molecule has 1 saturated carbocycles. The van der Waals surface area contributed by atoms with Gasteiger partial charge in [0.1, 0.15) is 0 Å². The maximum Gasteiger partial charge on any atom is 0.0419 e. The minimum absolute atomic E-state index is 0.744. The summed E-state index contributed by atoms with van der Waals surface area (Å²) in [5.74, 6) is 0. The van der Waals surface area contributed by atoms with Crippen LogP contribution < -0.4 is 10.2 Å². The Labute approximate surface area is 128 Å². The zero-order valence-electron chi connectivity index (χ0n) is 11.6. The average Bonchev–Trinajstić information content (AvgIpc) is 3.30. The third-order valence-electron chi connectivity index (χ3n) is 3.73. The monoisotopic (exact) mass is 330 g/mol. The summed E-state index contributed by atoms with van der Waals surface area (Å²) in [6.07, 6.45) is 2.65. The molecular weight excluding hydrogens is 312 g/mol. The molecule has 0 aromatic heterocycles. The molecular formula is C17H19BrN2. The van der Waals surface area contributed by atoms with Crippen LogP contribution >= 0.6 is 15.9 Å². The summed E-state index contributed by atoms with van der Waals surface area (Å²) >= 11 is 3.69. The van der Waals surface area contributed by atoms with E-state index in [1.165, 1.54) is 34.3 Å². The van der Waals surface area contributed by atoms with Crippen LogP contribution in [0.3, 0.4) is 0 Å². The van der Waals surface area contributed by atoms with Gasteiger partial charge in [0, 0.05) is 35.5 Å². The van der Waals surface area contributed by atoms with E-state index in [2.05, 4.69) is 75.7 Å². The predicted molar refractivity (Wildman–Crippen MR) is 88.5 cm³/mol. The fourth-order valence-electron chi connectivity index (χ4n) is 2.23. The van der Waals surface area contributed by atoms with Crippen molar-refractivity contribution in [2.24, 2.45) is 0 Å². The van der Waals surface area contributed by atoms with Crippen LogP contribution in [-0.2, 0) is 6.54 Å². The first-order chi connectivity index (χ1) is 9.74. The molecule has 1 aliphatic carbocycles. The molecule has 0 atom stereocenters. The summed E-state index contributed by atoms with van der Waals surface area (Å²) in [6, 6.07) is 17.7. The van der Waals surface area contributed by atoms with Crippen molar-refractivity contribution in [3.05, 3.63) is 58.6 Å². The minimum atomic E-state index is 0.744. The Morgan fingerprint density at radius 1 is 1.10 bits per heavy atom. The van der Waals surface area contributed by atoms with E-state index in [0.717, 1.165) is 12.6 Å². The highest BCUT2D eigenvalue weighted by atomic mass is 79.9. The minimum Gasteiger partial charge on any atom is -0.345 e. The highest BCUT2D eigenvalue weighted by Crippen LogP contribution is 2.29. The highest BCUT2D eigenvalue weighted by molar-refractivity contribution is 9.10. The lowest BCUT2D eigenvalue weighted by atomic mass is 10.2. The first kappa shape index (κ1) is 13.7. The molecule has 1 N–H and O–H groups in total. The topological polar surface area (TPSA) is 15.3 Å². The van der Waals surface area contributed by atoms with Crippen LogP contribution in [0.15, 0.2) is 53.0 Å². The van der Waals surface area contributed by atoms with Gasteiger partial charge in [0.2, 0.25) is 0 Å². The molecule has 0 amide bonds. The van der Waals surface area contributed by atoms with Crippen molar-refractivity contribution in [3.63, 3.8) is 0 Å². The number of hydrogen-bond acceptors (Lipinski definition) is 2. The highest BCUT2D eigenvalue weighted by Gasteiger charge is 2.20. The molecule has 0 bridgehead atoms. The zero-order valence-corrected chi connectivity index (χ0v) is 13.2. The quantitative estimate of drug-likeness (QED) is 0.870. The number of nitrogens with one attached hydrogen (secondary N) is 1. The first-order valence-corrected chi connectivity index (χ1v) is 7.84. The lowest BCUT2D eigenvalue weighted by Gasteiger charge is -2.20. The second kappa shape index (κ2) is 5.98. The number of nitrogens with zero attached hydrogens (tertiary/aromatic N) is 1. The van der Waals surface area contributed by atoms with Crippen molar-refractivity contribution in [2.75, 3.05) is 11.9 Å². The Hall–Kier alpha value is -1.32. The third-order valence-corrected chi connectivity index (χ3v) is 4.46. The van der Waals surface area contributed by atoms with E-state index in [1.807, 2.05) is 6.07 Å². The SMILES string of the molecule is CN(c1ccccc1)c1ccc(CNC2CC2)c(Br)c1. The number of para-hydroxylation sites is 1. The Morgan fingerprint density at radius 3 is 2.50 bits per heavy atom. The standard InChI is InChI=1S/C17H19BrN2/c1-20(15-5-3-2-4-6-15)16-10-7-13(17(18)11-16)12-19-14-8-9-14/h2-7,10-11,14,19H,8-9,12H2,1H3. The Bertz CT molecular complexity index is 579. The Balaban J connectivity index is 1.75. The van der Waals surface area contributed by atoms with Gasteiger partial charge in [0.25, 0.3) is 0 Å². The van der Waals surface area contributed by atoms with Crippen LogP contribution in [0.5, 0.6) is 0 Å². The molecule has 0 heterocycles. The smallest absolute Gasteiger partial charge is 0.0419 e. The molecule has 3 rings (SSSR count). The normalized spacial score (nSPS) is 14.3. The van der Waals surface area contributed by atoms with Gasteiger partial charge in [0.05, 0.1) is 0 Å². The molecule has 2 aromatic rings. The molecule has 0 unspecified atom stereocenters. The molecule has 20 heavy (non-hydrogen) atoms. The maximum atomic E-state index is 3.69. The number of halogens is 1. The van der Waals surface area contributed by atoms with E-state index in [4.69, 9.17) is 0 Å². The molecule has 3 heteroatoms. The van der Waals surface area contributed by atoms with Gasteiger partial charge in [-0.25, -0.2) is 0 Å². The Morgan fingerprint density at radius 2 is 1.85 bits per heavy atom. The van der Waals surface area contributed by atoms with Crippen LogP contribution in [0, 0.1) is 0 Å². The van der Waals surface area contributed by atoms with Gasteiger partial charge in [-0.15, -0.1) is 0 Å². The van der Waals surface area contributed by atoms with Crippen molar-refractivity contribution in [3.8, 4) is 0 Å². The van der Waals surface area contributed by atoms with Crippen LogP contribution in [0.2, 0.25) is 0 Å². The second-order valence-corrected chi connectivity index (χ2v) is 6.18. The van der Waals surface area contributed by atoms with Crippen molar-refractivity contribution >= 4 is 27.3 Å². The van der Waals surface area contributed by atoms with Gasteiger partial charge in [-0.1, -0.05) is 40.2 Å². The van der Waals surface area contributed by atoms with Gasteiger partial charge in [-0.3, -0.25) is 0 Å². The summed E-state index contributed by atoms with van der Waals surface area (Å²) in [5.41, 5.74) is 3.71. The van der Waals surface area contributed by atoms with Crippen molar-refractivity contribution < 1.29 is 0 Å². The lowest BCUT2D eigenvalue weighted by molar-refractivity contribution is 0.686. The zero-order chi connectivity index (χ0) is 13.9. The first-order valence-electron chi connectivity index (χ1n) is 7.04. The lowest BCUT2D eigenvalue weighted by Crippen LogP contribution is -2.16. The van der Waals surface area contributed by atoms with Gasteiger partial charge in [0.15, 0.2) is 0 Å². The largest absolute Gasteiger partial charge is 0.345 e. The van der Waals surface area contributed by atoms with Crippen molar-refractivity contribution in [1.29, 1.82) is 0 Å². The summed E-state index contributed by atoms with van der Waals surface area (Å²) < 4.78 is 1.17. The Kier molecular flexibility index (Phi) is 4.08. The molecule has 2 nitrogen and oxygen atoms in total. The number of anilines is 2. The van der Waals surface area contributed by atoms with E-state index in [-0.39, 0.29) is 0 Å².